The molecule has 1 rings (SSSR count). The van der Waals surface area contributed by atoms with E-state index < -0.39 is 0 Å². The summed E-state index contributed by atoms with van der Waals surface area (Å²) in [4.78, 5) is 11.4. The lowest BCUT2D eigenvalue weighted by Crippen LogP contribution is -2.25. The molecule has 0 aliphatic rings. The summed E-state index contributed by atoms with van der Waals surface area (Å²) in [7, 11) is 0. The fourth-order valence-electron chi connectivity index (χ4n) is 1.39. The third-order valence-electron chi connectivity index (χ3n) is 2.09. The van der Waals surface area contributed by atoms with Crippen LogP contribution in [0.3, 0.4) is 0 Å². The molecule has 0 heterocycles. The number of nitrogens with zero attached hydrogens (tertiary/aromatic N) is 1. The number of nitrogens with one attached hydrogen (secondary N) is 1. The molecule has 0 saturated carbocycles. The van der Waals surface area contributed by atoms with Gasteiger partial charge in [-0.15, -0.1) is 0 Å². The van der Waals surface area contributed by atoms with Crippen LogP contribution in [0.25, 0.3) is 0 Å². The van der Waals surface area contributed by atoms with Crippen LogP contribution in [0.2, 0.25) is 5.02 Å². The highest BCUT2D eigenvalue weighted by Gasteiger charge is 2.07. The predicted molar refractivity (Wildman–Crippen MR) is 69.5 cm³/mol. The van der Waals surface area contributed by atoms with Gasteiger partial charge in [0.25, 0.3) is 0 Å². The van der Waals surface area contributed by atoms with E-state index in [1.54, 1.807) is 18.2 Å². The normalized spacial score (nSPS) is 9.94. The van der Waals surface area contributed by atoms with Crippen LogP contribution in [0.15, 0.2) is 18.2 Å². The predicted octanol–water partition coefficient (Wildman–Crippen LogP) is 2.31. The van der Waals surface area contributed by atoms with Crippen molar-refractivity contribution in [3.8, 4) is 11.8 Å². The molecule has 5 heteroatoms. The van der Waals surface area contributed by atoms with Crippen molar-refractivity contribution in [1.29, 1.82) is 5.26 Å². The number of nitriles is 1. The molecule has 0 aliphatic heterocycles. The molecule has 1 N–H and O–H groups in total. The van der Waals surface area contributed by atoms with Crippen molar-refractivity contribution in [2.24, 2.45) is 0 Å². The van der Waals surface area contributed by atoms with Gasteiger partial charge in [0, 0.05) is 0 Å². The Kier molecular flexibility index (Phi) is 5.47. The van der Waals surface area contributed by atoms with Crippen molar-refractivity contribution in [2.45, 2.75) is 26.4 Å². The Balaban J connectivity index is 2.67. The first kappa shape index (κ1) is 14.3. The molecule has 4 nitrogen and oxygen atoms in total. The molecule has 1 aromatic rings. The molecule has 0 radical (unpaired) electrons. The molecule has 0 aliphatic carbocycles. The van der Waals surface area contributed by atoms with Gasteiger partial charge in [-0.25, -0.2) is 0 Å². The molecule has 0 spiro atoms. The SMILES string of the molecule is CC(C)Oc1ccc(CC(=O)NCC#N)cc1Cl. The van der Waals surface area contributed by atoms with E-state index >= 15 is 0 Å². The fourth-order valence-corrected chi connectivity index (χ4v) is 1.64. The first-order valence-electron chi connectivity index (χ1n) is 5.61. The summed E-state index contributed by atoms with van der Waals surface area (Å²) < 4.78 is 5.49. The third kappa shape index (κ3) is 4.64. The first-order valence-corrected chi connectivity index (χ1v) is 5.99. The standard InChI is InChI=1S/C13H15ClN2O2/c1-9(2)18-12-4-3-10(7-11(12)14)8-13(17)16-6-5-15/h3-4,7,9H,6,8H2,1-2H3,(H,16,17). The molecule has 0 bridgehead atoms. The van der Waals surface area contributed by atoms with Gasteiger partial charge in [0.05, 0.1) is 23.6 Å². The second kappa shape index (κ2) is 6.87. The van der Waals surface area contributed by atoms with Gasteiger partial charge in [0.1, 0.15) is 12.3 Å². The minimum Gasteiger partial charge on any atom is -0.489 e. The number of rotatable bonds is 5. The van der Waals surface area contributed by atoms with Crippen LogP contribution in [-0.2, 0) is 11.2 Å². The van der Waals surface area contributed by atoms with Crippen LogP contribution in [-0.4, -0.2) is 18.6 Å². The average molecular weight is 267 g/mol. The molecule has 0 aromatic heterocycles. The highest BCUT2D eigenvalue weighted by Crippen LogP contribution is 2.26. The molecular weight excluding hydrogens is 252 g/mol. The van der Waals surface area contributed by atoms with Crippen molar-refractivity contribution in [3.63, 3.8) is 0 Å². The van der Waals surface area contributed by atoms with E-state index in [2.05, 4.69) is 5.32 Å². The second-order valence-corrected chi connectivity index (χ2v) is 4.45. The number of benzene rings is 1. The molecule has 1 aromatic carbocycles. The van der Waals surface area contributed by atoms with E-state index in [4.69, 9.17) is 21.6 Å². The van der Waals surface area contributed by atoms with Crippen molar-refractivity contribution in [3.05, 3.63) is 28.8 Å². The number of amides is 1. The van der Waals surface area contributed by atoms with Crippen molar-refractivity contribution < 1.29 is 9.53 Å². The Labute approximate surface area is 112 Å². The summed E-state index contributed by atoms with van der Waals surface area (Å²) in [6, 6.07) is 7.08. The maximum absolute atomic E-state index is 11.4. The number of hydrogen-bond acceptors (Lipinski definition) is 3. The zero-order valence-corrected chi connectivity index (χ0v) is 11.1. The van der Waals surface area contributed by atoms with Gasteiger partial charge in [0.2, 0.25) is 5.91 Å². The van der Waals surface area contributed by atoms with Gasteiger partial charge in [-0.3, -0.25) is 4.79 Å². The number of carbonyl (C=O) groups excluding carboxylic acids is 1. The maximum atomic E-state index is 11.4. The Bertz CT molecular complexity index is 467. The lowest BCUT2D eigenvalue weighted by molar-refractivity contribution is -0.120. The largest absolute Gasteiger partial charge is 0.489 e. The van der Waals surface area contributed by atoms with E-state index in [-0.39, 0.29) is 25.0 Å². The topological polar surface area (TPSA) is 62.1 Å². The molecule has 96 valence electrons. The molecule has 0 unspecified atom stereocenters. The Morgan fingerprint density at radius 3 is 2.83 bits per heavy atom. The van der Waals surface area contributed by atoms with Crippen LogP contribution >= 0.6 is 11.6 Å². The zero-order chi connectivity index (χ0) is 13.5. The van der Waals surface area contributed by atoms with Gasteiger partial charge in [-0.1, -0.05) is 17.7 Å². The Hall–Kier alpha value is -1.73. The average Bonchev–Trinajstić information content (AvgIpc) is 2.29. The van der Waals surface area contributed by atoms with Gasteiger partial charge in [-0.05, 0) is 31.5 Å². The van der Waals surface area contributed by atoms with Crippen LogP contribution in [0, 0.1) is 11.3 Å². The lowest BCUT2D eigenvalue weighted by atomic mass is 10.1. The monoisotopic (exact) mass is 266 g/mol. The maximum Gasteiger partial charge on any atom is 0.225 e. The number of halogens is 1. The number of hydrogen-bond donors (Lipinski definition) is 1. The summed E-state index contributed by atoms with van der Waals surface area (Å²) in [5, 5.41) is 11.3. The highest BCUT2D eigenvalue weighted by molar-refractivity contribution is 6.32. The van der Waals surface area contributed by atoms with E-state index in [0.717, 1.165) is 5.56 Å². The Morgan fingerprint density at radius 1 is 1.56 bits per heavy atom. The van der Waals surface area contributed by atoms with Gasteiger partial charge in [0.15, 0.2) is 0 Å². The quantitative estimate of drug-likeness (QED) is 0.832. The van der Waals surface area contributed by atoms with E-state index in [9.17, 15) is 4.79 Å². The van der Waals surface area contributed by atoms with Crippen molar-refractivity contribution in [1.82, 2.24) is 5.32 Å². The number of carbonyl (C=O) groups is 1. The third-order valence-corrected chi connectivity index (χ3v) is 2.38. The van der Waals surface area contributed by atoms with Crippen LogP contribution in [0.5, 0.6) is 5.75 Å². The van der Waals surface area contributed by atoms with Crippen LogP contribution < -0.4 is 10.1 Å². The molecular formula is C13H15ClN2O2. The first-order chi connectivity index (χ1) is 8.52. The minimum atomic E-state index is -0.204. The summed E-state index contributed by atoms with van der Waals surface area (Å²) in [5.74, 6) is 0.401. The van der Waals surface area contributed by atoms with Gasteiger partial charge < -0.3 is 10.1 Å². The van der Waals surface area contributed by atoms with Gasteiger partial charge >= 0.3 is 0 Å². The second-order valence-electron chi connectivity index (χ2n) is 4.04. The van der Waals surface area contributed by atoms with Crippen molar-refractivity contribution in [2.75, 3.05) is 6.54 Å². The smallest absolute Gasteiger partial charge is 0.225 e. The van der Waals surface area contributed by atoms with Crippen LogP contribution in [0.4, 0.5) is 0 Å². The molecule has 0 atom stereocenters. The van der Waals surface area contributed by atoms with Crippen LogP contribution in [0.1, 0.15) is 19.4 Å². The van der Waals surface area contributed by atoms with E-state index in [0.29, 0.717) is 10.8 Å². The zero-order valence-electron chi connectivity index (χ0n) is 10.4. The summed E-state index contributed by atoms with van der Waals surface area (Å²) in [5.41, 5.74) is 0.784. The van der Waals surface area contributed by atoms with E-state index in [1.807, 2.05) is 19.9 Å². The molecule has 0 saturated heterocycles. The summed E-state index contributed by atoms with van der Waals surface area (Å²) in [6.07, 6.45) is 0.246. The molecule has 1 amide bonds. The molecule has 18 heavy (non-hydrogen) atoms. The minimum absolute atomic E-state index is 0.0150. The molecule has 0 fully saturated rings. The number of ether oxygens (including phenoxy) is 1. The Morgan fingerprint density at radius 2 is 2.28 bits per heavy atom. The lowest BCUT2D eigenvalue weighted by Gasteiger charge is -2.12. The summed E-state index contributed by atoms with van der Waals surface area (Å²) >= 11 is 6.05. The van der Waals surface area contributed by atoms with Gasteiger partial charge in [-0.2, -0.15) is 5.26 Å². The van der Waals surface area contributed by atoms with Crippen molar-refractivity contribution >= 4 is 17.5 Å². The highest BCUT2D eigenvalue weighted by atomic mass is 35.5. The van der Waals surface area contributed by atoms with E-state index in [1.165, 1.54) is 0 Å². The summed E-state index contributed by atoms with van der Waals surface area (Å²) in [6.45, 7) is 3.85. The fraction of sp³-hybridized carbons (Fsp3) is 0.385.